The van der Waals surface area contributed by atoms with Gasteiger partial charge in [0.25, 0.3) is 5.91 Å². The van der Waals surface area contributed by atoms with Crippen molar-refractivity contribution in [2.75, 3.05) is 7.11 Å². The lowest BCUT2D eigenvalue weighted by Gasteiger charge is -2.13. The van der Waals surface area contributed by atoms with Gasteiger partial charge in [-0.3, -0.25) is 9.78 Å². The maximum Gasteiger partial charge on any atom is 0.251 e. The molecule has 0 saturated heterocycles. The molecule has 2 N–H and O–H groups in total. The Balaban J connectivity index is 1.77. The summed E-state index contributed by atoms with van der Waals surface area (Å²) < 4.78 is 33.3. The molecule has 8 heteroatoms. The number of sulfonamides is 1. The van der Waals surface area contributed by atoms with Crippen molar-refractivity contribution in [2.45, 2.75) is 18.0 Å². The number of hydrogen-bond donors (Lipinski definition) is 2. The van der Waals surface area contributed by atoms with Gasteiger partial charge in [-0.25, -0.2) is 13.1 Å². The van der Waals surface area contributed by atoms with Gasteiger partial charge < -0.3 is 10.1 Å². The fourth-order valence-corrected chi connectivity index (χ4v) is 3.88. The quantitative estimate of drug-likeness (QED) is 0.594. The van der Waals surface area contributed by atoms with E-state index < -0.39 is 10.0 Å². The third kappa shape index (κ3) is 5.40. The molecular formula is C21H21N3O4S. The topological polar surface area (TPSA) is 97.4 Å². The summed E-state index contributed by atoms with van der Waals surface area (Å²) >= 11 is 0. The summed E-state index contributed by atoms with van der Waals surface area (Å²) in [5, 5.41) is 2.79. The largest absolute Gasteiger partial charge is 0.495 e. The van der Waals surface area contributed by atoms with E-state index in [2.05, 4.69) is 15.0 Å². The Morgan fingerprint density at radius 2 is 1.66 bits per heavy atom. The molecule has 0 fully saturated rings. The first-order valence-electron chi connectivity index (χ1n) is 8.88. The molecule has 0 unspecified atom stereocenters. The number of rotatable bonds is 8. The summed E-state index contributed by atoms with van der Waals surface area (Å²) in [4.78, 5) is 16.3. The Bertz CT molecular complexity index is 1070. The highest BCUT2D eigenvalue weighted by Crippen LogP contribution is 2.25. The number of benzene rings is 2. The normalized spacial score (nSPS) is 11.1. The number of carbonyl (C=O) groups excluding carboxylic acids is 1. The van der Waals surface area contributed by atoms with Crippen LogP contribution in [0.2, 0.25) is 0 Å². The molecule has 0 spiro atoms. The molecule has 1 heterocycles. The molecule has 29 heavy (non-hydrogen) atoms. The number of aromatic nitrogens is 1. The second-order valence-corrected chi connectivity index (χ2v) is 7.95. The number of hydrogen-bond acceptors (Lipinski definition) is 5. The first kappa shape index (κ1) is 20.5. The molecule has 2 aromatic carbocycles. The van der Waals surface area contributed by atoms with Crippen molar-refractivity contribution in [1.82, 2.24) is 15.0 Å². The summed E-state index contributed by atoms with van der Waals surface area (Å²) in [5.74, 6) is -0.214. The Labute approximate surface area is 169 Å². The van der Waals surface area contributed by atoms with E-state index in [1.165, 1.54) is 25.3 Å². The Hall–Kier alpha value is -3.23. The zero-order valence-electron chi connectivity index (χ0n) is 15.8. The molecule has 0 aliphatic rings. The molecule has 3 aromatic rings. The second-order valence-electron chi connectivity index (χ2n) is 6.21. The molecule has 1 aromatic heterocycles. The zero-order valence-corrected chi connectivity index (χ0v) is 16.6. The molecule has 0 aliphatic carbocycles. The first-order valence-corrected chi connectivity index (χ1v) is 10.4. The van der Waals surface area contributed by atoms with Crippen molar-refractivity contribution < 1.29 is 17.9 Å². The van der Waals surface area contributed by atoms with Crippen molar-refractivity contribution in [3.05, 3.63) is 89.7 Å². The number of pyridine rings is 1. The lowest BCUT2D eigenvalue weighted by Crippen LogP contribution is -2.26. The maximum atomic E-state index is 12.8. The molecule has 150 valence electrons. The van der Waals surface area contributed by atoms with Gasteiger partial charge in [0, 0.05) is 31.0 Å². The van der Waals surface area contributed by atoms with Crippen molar-refractivity contribution in [3.8, 4) is 5.75 Å². The third-order valence-corrected chi connectivity index (χ3v) is 5.65. The number of nitrogens with one attached hydrogen (secondary N) is 2. The number of methoxy groups -OCH3 is 1. The van der Waals surface area contributed by atoms with Gasteiger partial charge >= 0.3 is 0 Å². The van der Waals surface area contributed by atoms with Gasteiger partial charge in [0.15, 0.2) is 0 Å². The van der Waals surface area contributed by atoms with E-state index in [-0.39, 0.29) is 28.7 Å². The smallest absolute Gasteiger partial charge is 0.251 e. The van der Waals surface area contributed by atoms with Crippen LogP contribution in [0.3, 0.4) is 0 Å². The minimum absolute atomic E-state index is 0.0957. The highest BCUT2D eigenvalue weighted by atomic mass is 32.2. The Morgan fingerprint density at radius 1 is 0.966 bits per heavy atom. The molecule has 3 rings (SSSR count). The van der Waals surface area contributed by atoms with Gasteiger partial charge in [0.1, 0.15) is 10.6 Å². The number of nitrogens with zero attached hydrogens (tertiary/aromatic N) is 1. The number of amides is 1. The molecule has 0 bridgehead atoms. The SMILES string of the molecule is COc1ccc(C(=O)NCc2ccccc2)cc1S(=O)(=O)NCc1ccncc1. The van der Waals surface area contributed by atoms with E-state index in [1.807, 2.05) is 30.3 Å². The van der Waals surface area contributed by atoms with Crippen LogP contribution >= 0.6 is 0 Å². The van der Waals surface area contributed by atoms with Crippen molar-refractivity contribution in [1.29, 1.82) is 0 Å². The molecule has 7 nitrogen and oxygen atoms in total. The van der Waals surface area contributed by atoms with E-state index in [9.17, 15) is 13.2 Å². The predicted molar refractivity (Wildman–Crippen MR) is 109 cm³/mol. The van der Waals surface area contributed by atoms with Crippen LogP contribution in [0.15, 0.2) is 78.0 Å². The van der Waals surface area contributed by atoms with Crippen LogP contribution in [0.1, 0.15) is 21.5 Å². The minimum Gasteiger partial charge on any atom is -0.495 e. The van der Waals surface area contributed by atoms with E-state index >= 15 is 0 Å². The van der Waals surface area contributed by atoms with Crippen LogP contribution in [0.25, 0.3) is 0 Å². The van der Waals surface area contributed by atoms with Crippen molar-refractivity contribution in [2.24, 2.45) is 0 Å². The standard InChI is InChI=1S/C21H21N3O4S/c1-28-19-8-7-18(21(25)23-14-16-5-3-2-4-6-16)13-20(19)29(26,27)24-15-17-9-11-22-12-10-17/h2-13,24H,14-15H2,1H3,(H,23,25). The predicted octanol–water partition coefficient (Wildman–Crippen LogP) is 2.50. The van der Waals surface area contributed by atoms with Gasteiger partial charge in [-0.1, -0.05) is 30.3 Å². The first-order chi connectivity index (χ1) is 14.0. The van der Waals surface area contributed by atoms with Gasteiger partial charge in [0.2, 0.25) is 10.0 Å². The van der Waals surface area contributed by atoms with Gasteiger partial charge in [0.05, 0.1) is 7.11 Å². The van der Waals surface area contributed by atoms with E-state index in [0.717, 1.165) is 11.1 Å². The summed E-state index contributed by atoms with van der Waals surface area (Å²) in [7, 11) is -2.52. The molecule has 1 amide bonds. The van der Waals surface area contributed by atoms with Crippen LogP contribution < -0.4 is 14.8 Å². The summed E-state index contributed by atoms with van der Waals surface area (Å²) in [6, 6.07) is 17.2. The molecule has 0 saturated carbocycles. The monoisotopic (exact) mass is 411 g/mol. The van der Waals surface area contributed by atoms with Crippen LogP contribution in [0.4, 0.5) is 0 Å². The van der Waals surface area contributed by atoms with Crippen LogP contribution in [0.5, 0.6) is 5.75 Å². The zero-order chi connectivity index (χ0) is 20.7. The van der Waals surface area contributed by atoms with E-state index in [1.54, 1.807) is 24.5 Å². The van der Waals surface area contributed by atoms with Crippen LogP contribution in [-0.2, 0) is 23.1 Å². The Morgan fingerprint density at radius 3 is 2.34 bits per heavy atom. The van der Waals surface area contributed by atoms with Crippen LogP contribution in [0, 0.1) is 0 Å². The fourth-order valence-electron chi connectivity index (χ4n) is 2.66. The van der Waals surface area contributed by atoms with Gasteiger partial charge in [-0.2, -0.15) is 0 Å². The van der Waals surface area contributed by atoms with E-state index in [4.69, 9.17) is 4.74 Å². The molecular weight excluding hydrogens is 390 g/mol. The fraction of sp³-hybridized carbons (Fsp3) is 0.143. The van der Waals surface area contributed by atoms with Gasteiger partial charge in [-0.15, -0.1) is 0 Å². The van der Waals surface area contributed by atoms with Crippen molar-refractivity contribution in [3.63, 3.8) is 0 Å². The maximum absolute atomic E-state index is 12.8. The highest BCUT2D eigenvalue weighted by molar-refractivity contribution is 7.89. The average molecular weight is 411 g/mol. The Kier molecular flexibility index (Phi) is 6.58. The lowest BCUT2D eigenvalue weighted by atomic mass is 10.2. The minimum atomic E-state index is -3.90. The van der Waals surface area contributed by atoms with E-state index in [0.29, 0.717) is 6.54 Å². The highest BCUT2D eigenvalue weighted by Gasteiger charge is 2.21. The van der Waals surface area contributed by atoms with Crippen LogP contribution in [-0.4, -0.2) is 26.4 Å². The summed E-state index contributed by atoms with van der Waals surface area (Å²) in [5.41, 5.74) is 1.94. The van der Waals surface area contributed by atoms with Crippen molar-refractivity contribution >= 4 is 15.9 Å². The average Bonchev–Trinajstić information content (AvgIpc) is 2.77. The number of ether oxygens (including phenoxy) is 1. The molecule has 0 radical (unpaired) electrons. The second kappa shape index (κ2) is 9.31. The summed E-state index contributed by atoms with van der Waals surface area (Å²) in [6.45, 7) is 0.437. The summed E-state index contributed by atoms with van der Waals surface area (Å²) in [6.07, 6.45) is 3.17. The number of carbonyl (C=O) groups is 1. The lowest BCUT2D eigenvalue weighted by molar-refractivity contribution is 0.0950. The third-order valence-electron chi connectivity index (χ3n) is 4.23. The molecule has 0 aliphatic heterocycles. The molecule has 0 atom stereocenters. The van der Waals surface area contributed by atoms with Gasteiger partial charge in [-0.05, 0) is 41.5 Å².